The number of nitrogens with two attached hydrogens (primary N) is 1. The molecule has 0 saturated carbocycles. The van der Waals surface area contributed by atoms with E-state index in [1.807, 2.05) is 0 Å². The molecule has 3 N–H and O–H groups in total. The Kier molecular flexibility index (Phi) is 8.64. The fourth-order valence-corrected chi connectivity index (χ4v) is 1.37. The summed E-state index contributed by atoms with van der Waals surface area (Å²) >= 11 is 0. The molecule has 0 radical (unpaired) electrons. The Bertz CT molecular complexity index is 148. The van der Waals surface area contributed by atoms with Crippen LogP contribution in [0.3, 0.4) is 0 Å². The maximum absolute atomic E-state index is 11.3. The lowest BCUT2D eigenvalue weighted by Gasteiger charge is -2.14. The highest BCUT2D eigenvalue weighted by atomic mass is 16.1. The zero-order valence-corrected chi connectivity index (χ0v) is 9.51. The van der Waals surface area contributed by atoms with Crippen LogP contribution in [0.4, 0.5) is 0 Å². The first-order valence-corrected chi connectivity index (χ1v) is 5.71. The van der Waals surface area contributed by atoms with E-state index in [0.717, 1.165) is 32.2 Å². The van der Waals surface area contributed by atoms with Crippen LogP contribution in [0.15, 0.2) is 0 Å². The molecule has 0 fully saturated rings. The van der Waals surface area contributed by atoms with Crippen LogP contribution in [0.25, 0.3) is 0 Å². The van der Waals surface area contributed by atoms with Crippen LogP contribution >= 0.6 is 0 Å². The molecule has 1 unspecified atom stereocenters. The van der Waals surface area contributed by atoms with E-state index in [4.69, 9.17) is 5.73 Å². The van der Waals surface area contributed by atoms with E-state index in [9.17, 15) is 4.79 Å². The van der Waals surface area contributed by atoms with Gasteiger partial charge in [0.25, 0.3) is 0 Å². The van der Waals surface area contributed by atoms with E-state index >= 15 is 0 Å². The number of hydrogen-bond donors (Lipinski definition) is 2. The van der Waals surface area contributed by atoms with Crippen LogP contribution < -0.4 is 11.1 Å². The molecule has 0 heterocycles. The van der Waals surface area contributed by atoms with Crippen LogP contribution in [0.1, 0.15) is 46.0 Å². The van der Waals surface area contributed by atoms with E-state index in [1.54, 1.807) is 0 Å². The average molecular weight is 200 g/mol. The summed E-state index contributed by atoms with van der Waals surface area (Å²) in [6.07, 6.45) is 4.82. The number of hydrogen-bond acceptors (Lipinski definition) is 2. The molecule has 0 aromatic carbocycles. The summed E-state index contributed by atoms with van der Waals surface area (Å²) in [5.41, 5.74) is 5.48. The molecule has 0 aliphatic heterocycles. The van der Waals surface area contributed by atoms with E-state index in [2.05, 4.69) is 19.2 Å². The van der Waals surface area contributed by atoms with Gasteiger partial charge in [-0.3, -0.25) is 4.79 Å². The van der Waals surface area contributed by atoms with Gasteiger partial charge in [-0.25, -0.2) is 0 Å². The summed E-state index contributed by atoms with van der Waals surface area (Å²) in [6, 6.07) is 0. The van der Waals surface area contributed by atoms with Gasteiger partial charge < -0.3 is 11.1 Å². The Labute approximate surface area is 87.4 Å². The van der Waals surface area contributed by atoms with Crippen molar-refractivity contribution in [1.29, 1.82) is 0 Å². The van der Waals surface area contributed by atoms with Crippen LogP contribution in [0.2, 0.25) is 0 Å². The SMILES string of the molecule is CCCCC(=O)NCC(CC)CCN. The van der Waals surface area contributed by atoms with Crippen molar-refractivity contribution in [2.45, 2.75) is 46.0 Å². The van der Waals surface area contributed by atoms with Gasteiger partial charge in [-0.05, 0) is 25.3 Å². The Morgan fingerprint density at radius 1 is 1.43 bits per heavy atom. The molecule has 0 aromatic rings. The lowest BCUT2D eigenvalue weighted by atomic mass is 10.0. The molecule has 0 aromatic heterocycles. The predicted octanol–water partition coefficient (Wildman–Crippen LogP) is 1.67. The van der Waals surface area contributed by atoms with Crippen LogP contribution in [-0.2, 0) is 4.79 Å². The Hall–Kier alpha value is -0.570. The molecule has 0 aliphatic rings. The number of amides is 1. The maximum atomic E-state index is 11.3. The van der Waals surface area contributed by atoms with Crippen molar-refractivity contribution in [3.63, 3.8) is 0 Å². The second-order valence-corrected chi connectivity index (χ2v) is 3.76. The molecule has 0 spiro atoms. The predicted molar refractivity (Wildman–Crippen MR) is 60.0 cm³/mol. The van der Waals surface area contributed by atoms with Crippen molar-refractivity contribution >= 4 is 5.91 Å². The van der Waals surface area contributed by atoms with Gasteiger partial charge in [0.15, 0.2) is 0 Å². The van der Waals surface area contributed by atoms with Gasteiger partial charge >= 0.3 is 0 Å². The number of nitrogens with one attached hydrogen (secondary N) is 1. The third-order valence-corrected chi connectivity index (χ3v) is 2.50. The molecule has 0 bridgehead atoms. The van der Waals surface area contributed by atoms with E-state index in [1.165, 1.54) is 0 Å². The standard InChI is InChI=1S/C11H24N2O/c1-3-5-6-11(14)13-9-10(4-2)7-8-12/h10H,3-9,12H2,1-2H3,(H,13,14). The maximum Gasteiger partial charge on any atom is 0.220 e. The van der Waals surface area contributed by atoms with Crippen LogP contribution in [-0.4, -0.2) is 19.0 Å². The molecule has 3 nitrogen and oxygen atoms in total. The van der Waals surface area contributed by atoms with Crippen molar-refractivity contribution in [2.75, 3.05) is 13.1 Å². The zero-order chi connectivity index (χ0) is 10.8. The van der Waals surface area contributed by atoms with Gasteiger partial charge in [0.05, 0.1) is 0 Å². The number of carbonyl (C=O) groups is 1. The van der Waals surface area contributed by atoms with Crippen LogP contribution in [0.5, 0.6) is 0 Å². The minimum atomic E-state index is 0.183. The van der Waals surface area contributed by atoms with Gasteiger partial charge in [-0.15, -0.1) is 0 Å². The fraction of sp³-hybridized carbons (Fsp3) is 0.909. The van der Waals surface area contributed by atoms with Gasteiger partial charge in [0.2, 0.25) is 5.91 Å². The summed E-state index contributed by atoms with van der Waals surface area (Å²) < 4.78 is 0. The number of carbonyl (C=O) groups excluding carboxylic acids is 1. The second kappa shape index (κ2) is 9.00. The van der Waals surface area contributed by atoms with Gasteiger partial charge in [0.1, 0.15) is 0 Å². The first-order chi connectivity index (χ1) is 6.74. The van der Waals surface area contributed by atoms with Crippen molar-refractivity contribution in [3.05, 3.63) is 0 Å². The Morgan fingerprint density at radius 2 is 2.14 bits per heavy atom. The van der Waals surface area contributed by atoms with Crippen LogP contribution in [0, 0.1) is 5.92 Å². The highest BCUT2D eigenvalue weighted by Crippen LogP contribution is 2.05. The molecular formula is C11H24N2O. The van der Waals surface area contributed by atoms with Gasteiger partial charge in [-0.1, -0.05) is 26.7 Å². The summed E-state index contributed by atoms with van der Waals surface area (Å²) in [6.45, 7) is 5.73. The summed E-state index contributed by atoms with van der Waals surface area (Å²) in [5.74, 6) is 0.730. The van der Waals surface area contributed by atoms with E-state index in [0.29, 0.717) is 18.9 Å². The lowest BCUT2D eigenvalue weighted by molar-refractivity contribution is -0.121. The summed E-state index contributed by atoms with van der Waals surface area (Å²) in [4.78, 5) is 11.3. The molecule has 0 saturated heterocycles. The first-order valence-electron chi connectivity index (χ1n) is 5.71. The first kappa shape index (κ1) is 13.4. The van der Waals surface area contributed by atoms with Gasteiger partial charge in [-0.2, -0.15) is 0 Å². The van der Waals surface area contributed by atoms with E-state index < -0.39 is 0 Å². The number of rotatable bonds is 8. The number of unbranched alkanes of at least 4 members (excludes halogenated alkanes) is 1. The van der Waals surface area contributed by atoms with Crippen molar-refractivity contribution in [3.8, 4) is 0 Å². The third kappa shape index (κ3) is 6.89. The molecule has 1 amide bonds. The molecule has 1 atom stereocenters. The largest absolute Gasteiger partial charge is 0.356 e. The minimum Gasteiger partial charge on any atom is -0.356 e. The van der Waals surface area contributed by atoms with Gasteiger partial charge in [0, 0.05) is 13.0 Å². The molecule has 0 aliphatic carbocycles. The average Bonchev–Trinajstić information content (AvgIpc) is 2.21. The monoisotopic (exact) mass is 200 g/mol. The topological polar surface area (TPSA) is 55.1 Å². The lowest BCUT2D eigenvalue weighted by Crippen LogP contribution is -2.29. The zero-order valence-electron chi connectivity index (χ0n) is 9.51. The normalized spacial score (nSPS) is 12.5. The molecule has 3 heteroatoms. The van der Waals surface area contributed by atoms with Crippen molar-refractivity contribution < 1.29 is 4.79 Å². The highest BCUT2D eigenvalue weighted by molar-refractivity contribution is 5.75. The summed E-state index contributed by atoms with van der Waals surface area (Å²) in [7, 11) is 0. The molecule has 14 heavy (non-hydrogen) atoms. The Balaban J connectivity index is 3.52. The molecular weight excluding hydrogens is 176 g/mol. The van der Waals surface area contributed by atoms with Crippen molar-refractivity contribution in [1.82, 2.24) is 5.32 Å². The molecule has 84 valence electrons. The molecule has 0 rings (SSSR count). The van der Waals surface area contributed by atoms with Crippen molar-refractivity contribution in [2.24, 2.45) is 11.7 Å². The highest BCUT2D eigenvalue weighted by Gasteiger charge is 2.06. The Morgan fingerprint density at radius 3 is 2.64 bits per heavy atom. The van der Waals surface area contributed by atoms with E-state index in [-0.39, 0.29) is 5.91 Å². The summed E-state index contributed by atoms with van der Waals surface area (Å²) in [5, 5.41) is 2.96. The smallest absolute Gasteiger partial charge is 0.220 e. The second-order valence-electron chi connectivity index (χ2n) is 3.76. The quantitative estimate of drug-likeness (QED) is 0.626. The minimum absolute atomic E-state index is 0.183. The fourth-order valence-electron chi connectivity index (χ4n) is 1.37. The third-order valence-electron chi connectivity index (χ3n) is 2.50.